The molecule has 0 aromatic heterocycles. The smallest absolute Gasteiger partial charge is 0.406 e. The Balaban J connectivity index is 4.09. The Labute approximate surface area is 122 Å². The van der Waals surface area contributed by atoms with Crippen LogP contribution in [-0.4, -0.2) is 37.7 Å². The molecule has 0 saturated heterocycles. The molecule has 5 nitrogen and oxygen atoms in total. The molecule has 1 atom stereocenters. The van der Waals surface area contributed by atoms with Gasteiger partial charge < -0.3 is 14.8 Å². The lowest BCUT2D eigenvalue weighted by Gasteiger charge is -2.29. The molecule has 0 radical (unpaired) electrons. The average molecular weight is 287 g/mol. The summed E-state index contributed by atoms with van der Waals surface area (Å²) in [5, 5.41) is 2.63. The van der Waals surface area contributed by atoms with Crippen molar-refractivity contribution in [3.05, 3.63) is 0 Å². The highest BCUT2D eigenvalue weighted by Gasteiger charge is 2.28. The lowest BCUT2D eigenvalue weighted by molar-refractivity contribution is -0.128. The maximum Gasteiger partial charge on any atom is 0.406 e. The first-order valence-corrected chi connectivity index (χ1v) is 7.13. The number of carbonyl (C=O) groups excluding carboxylic acids is 2. The summed E-state index contributed by atoms with van der Waals surface area (Å²) in [6.45, 7) is 10.6. The summed E-state index contributed by atoms with van der Waals surface area (Å²) < 4.78 is 10.4. The van der Waals surface area contributed by atoms with E-state index in [0.717, 1.165) is 6.42 Å². The van der Waals surface area contributed by atoms with E-state index >= 15 is 0 Å². The zero-order chi connectivity index (χ0) is 15.8. The topological polar surface area (TPSA) is 64.6 Å². The van der Waals surface area contributed by atoms with E-state index in [1.807, 2.05) is 27.7 Å². The lowest BCUT2D eigenvalue weighted by Crippen LogP contribution is -2.34. The minimum absolute atomic E-state index is 0.203. The molecule has 0 spiro atoms. The third-order valence-electron chi connectivity index (χ3n) is 3.96. The molecule has 0 heterocycles. The Morgan fingerprint density at radius 1 is 1.15 bits per heavy atom. The monoisotopic (exact) mass is 287 g/mol. The van der Waals surface area contributed by atoms with Crippen molar-refractivity contribution in [3.63, 3.8) is 0 Å². The summed E-state index contributed by atoms with van der Waals surface area (Å²) >= 11 is 0. The molecule has 0 bridgehead atoms. The van der Waals surface area contributed by atoms with Crippen molar-refractivity contribution in [1.82, 2.24) is 5.32 Å². The van der Waals surface area contributed by atoms with Gasteiger partial charge in [0.2, 0.25) is 0 Å². The summed E-state index contributed by atoms with van der Waals surface area (Å²) in [5.74, 6) is 0.203. The van der Waals surface area contributed by atoms with Crippen LogP contribution < -0.4 is 5.32 Å². The van der Waals surface area contributed by atoms with Crippen LogP contribution in [0.4, 0.5) is 4.79 Å². The molecule has 0 rings (SSSR count). The molecule has 0 aliphatic carbocycles. The summed E-state index contributed by atoms with van der Waals surface area (Å²) in [6, 6.07) is 0. The Kier molecular flexibility index (Phi) is 7.79. The van der Waals surface area contributed by atoms with Crippen molar-refractivity contribution in [2.75, 3.05) is 20.3 Å². The van der Waals surface area contributed by atoms with Gasteiger partial charge in [-0.2, -0.15) is 0 Å². The van der Waals surface area contributed by atoms with Gasteiger partial charge in [0.05, 0.1) is 12.7 Å². The first-order chi connectivity index (χ1) is 9.17. The van der Waals surface area contributed by atoms with Crippen LogP contribution in [0.3, 0.4) is 0 Å². The zero-order valence-corrected chi connectivity index (χ0v) is 13.7. The molecule has 0 saturated carbocycles. The number of carbonyl (C=O) groups is 2. The second-order valence-corrected chi connectivity index (χ2v) is 6.00. The van der Waals surface area contributed by atoms with Crippen LogP contribution in [0.1, 0.15) is 53.9 Å². The van der Waals surface area contributed by atoms with Crippen molar-refractivity contribution in [2.45, 2.75) is 59.5 Å². The van der Waals surface area contributed by atoms with Gasteiger partial charge in [-0.05, 0) is 40.0 Å². The van der Waals surface area contributed by atoms with Crippen LogP contribution in [-0.2, 0) is 14.3 Å². The molecule has 1 amide bonds. The maximum absolute atomic E-state index is 11.6. The molecule has 118 valence electrons. The quantitative estimate of drug-likeness (QED) is 0.708. The van der Waals surface area contributed by atoms with Crippen molar-refractivity contribution < 1.29 is 19.1 Å². The first kappa shape index (κ1) is 18.9. The summed E-state index contributed by atoms with van der Waals surface area (Å²) in [7, 11) is 1.34. The highest BCUT2D eigenvalue weighted by atomic mass is 16.5. The molecule has 20 heavy (non-hydrogen) atoms. The molecule has 5 heteroatoms. The Morgan fingerprint density at radius 3 is 2.20 bits per heavy atom. The van der Waals surface area contributed by atoms with E-state index in [9.17, 15) is 9.59 Å². The van der Waals surface area contributed by atoms with Crippen molar-refractivity contribution >= 4 is 11.9 Å². The summed E-state index contributed by atoms with van der Waals surface area (Å²) in [4.78, 5) is 22.6. The predicted molar refractivity (Wildman–Crippen MR) is 78.8 cm³/mol. The van der Waals surface area contributed by atoms with E-state index in [0.29, 0.717) is 26.0 Å². The van der Waals surface area contributed by atoms with Gasteiger partial charge in [-0.3, -0.25) is 4.79 Å². The van der Waals surface area contributed by atoms with Gasteiger partial charge in [0.25, 0.3) is 0 Å². The van der Waals surface area contributed by atoms with Crippen molar-refractivity contribution in [1.29, 1.82) is 0 Å². The van der Waals surface area contributed by atoms with Crippen molar-refractivity contribution in [3.8, 4) is 0 Å². The van der Waals surface area contributed by atoms with Crippen LogP contribution >= 0.6 is 0 Å². The average Bonchev–Trinajstić information content (AvgIpc) is 2.37. The van der Waals surface area contributed by atoms with Gasteiger partial charge in [0.15, 0.2) is 0 Å². The lowest BCUT2D eigenvalue weighted by atomic mass is 9.81. The van der Waals surface area contributed by atoms with E-state index in [1.165, 1.54) is 7.11 Å². The number of Topliss-reactive ketones (excluding diaryl/α,β-unsaturated/α-hetero) is 1. The predicted octanol–water partition coefficient (Wildman–Crippen LogP) is 2.92. The van der Waals surface area contributed by atoms with Gasteiger partial charge in [0, 0.05) is 18.6 Å². The third-order valence-corrected chi connectivity index (χ3v) is 3.96. The number of nitrogens with one attached hydrogen (secondary N) is 1. The van der Waals surface area contributed by atoms with Gasteiger partial charge >= 0.3 is 6.09 Å². The minimum Gasteiger partial charge on any atom is -0.453 e. The number of ketones is 1. The van der Waals surface area contributed by atoms with Crippen LogP contribution in [0, 0.1) is 5.41 Å². The van der Waals surface area contributed by atoms with E-state index in [1.54, 1.807) is 6.92 Å². The van der Waals surface area contributed by atoms with Gasteiger partial charge in [0.1, 0.15) is 5.78 Å². The largest absolute Gasteiger partial charge is 0.453 e. The van der Waals surface area contributed by atoms with Gasteiger partial charge in [-0.15, -0.1) is 0 Å². The van der Waals surface area contributed by atoms with E-state index < -0.39 is 6.09 Å². The van der Waals surface area contributed by atoms with E-state index in [-0.39, 0.29) is 16.8 Å². The fourth-order valence-corrected chi connectivity index (χ4v) is 1.76. The van der Waals surface area contributed by atoms with Crippen LogP contribution in [0.15, 0.2) is 0 Å². The van der Waals surface area contributed by atoms with Gasteiger partial charge in [-0.25, -0.2) is 4.79 Å². The number of rotatable bonds is 9. The number of hydrogen-bond acceptors (Lipinski definition) is 4. The normalized spacial score (nSPS) is 14.5. The fourth-order valence-electron chi connectivity index (χ4n) is 1.76. The highest BCUT2D eigenvalue weighted by molar-refractivity contribution is 5.81. The second-order valence-electron chi connectivity index (χ2n) is 6.00. The fraction of sp³-hybridized carbons (Fsp3) is 0.867. The molecular formula is C15H29NO4. The molecule has 1 N–H and O–H groups in total. The first-order valence-electron chi connectivity index (χ1n) is 7.13. The molecular weight excluding hydrogens is 258 g/mol. The van der Waals surface area contributed by atoms with E-state index in [4.69, 9.17) is 4.74 Å². The highest BCUT2D eigenvalue weighted by Crippen LogP contribution is 2.28. The Morgan fingerprint density at radius 2 is 1.75 bits per heavy atom. The summed E-state index contributed by atoms with van der Waals surface area (Å²) in [6.07, 6.45) is 1.78. The zero-order valence-electron chi connectivity index (χ0n) is 13.7. The number of alkyl carbamates (subject to hydrolysis) is 1. The molecule has 0 aromatic rings. The van der Waals surface area contributed by atoms with Crippen LogP contribution in [0.25, 0.3) is 0 Å². The standard InChI is InChI=1S/C15H29NO4/c1-7-15(5,12(2)17)9-11-20-14(3,4)8-10-16-13(18)19-6/h7-11H2,1-6H3,(H,16,18). The van der Waals surface area contributed by atoms with Crippen molar-refractivity contribution in [2.24, 2.45) is 5.41 Å². The second kappa shape index (κ2) is 8.25. The van der Waals surface area contributed by atoms with Crippen LogP contribution in [0.5, 0.6) is 0 Å². The Hall–Kier alpha value is -1.10. The molecule has 1 unspecified atom stereocenters. The van der Waals surface area contributed by atoms with Gasteiger partial charge in [-0.1, -0.05) is 13.8 Å². The number of ether oxygens (including phenoxy) is 2. The molecule has 0 aliphatic rings. The molecule has 0 aliphatic heterocycles. The number of methoxy groups -OCH3 is 1. The Bertz CT molecular complexity index is 328. The minimum atomic E-state index is -0.434. The summed E-state index contributed by atoms with van der Waals surface area (Å²) in [5.41, 5.74) is -0.646. The number of amides is 1. The molecule has 0 fully saturated rings. The SMILES string of the molecule is CCC(C)(CCOC(C)(C)CCNC(=O)OC)C(C)=O. The molecule has 0 aromatic carbocycles. The van der Waals surface area contributed by atoms with E-state index in [2.05, 4.69) is 10.1 Å². The number of hydrogen-bond donors (Lipinski definition) is 1. The maximum atomic E-state index is 11.6. The van der Waals surface area contributed by atoms with Crippen LogP contribution in [0.2, 0.25) is 0 Å². The third kappa shape index (κ3) is 6.89.